The summed E-state index contributed by atoms with van der Waals surface area (Å²) in [6.45, 7) is 0. The molecule has 1 rings (SSSR count). The number of nitrogens with one attached hydrogen (secondary N) is 1. The molecule has 0 aromatic heterocycles. The Morgan fingerprint density at radius 3 is 2.47 bits per heavy atom. The second-order valence-corrected chi connectivity index (χ2v) is 4.95. The Labute approximate surface area is 99.5 Å². The molecule has 0 aliphatic rings. The molecule has 0 saturated carbocycles. The van der Waals surface area contributed by atoms with Crippen molar-refractivity contribution in [1.29, 1.82) is 0 Å². The molecular weight excluding hydrogens is 242 g/mol. The van der Waals surface area contributed by atoms with Gasteiger partial charge in [-0.05, 0) is 12.1 Å². The number of terminal acetylenes is 1. The van der Waals surface area contributed by atoms with Crippen molar-refractivity contribution in [1.82, 2.24) is 4.72 Å². The van der Waals surface area contributed by atoms with Crippen LogP contribution in [0.15, 0.2) is 35.2 Å². The minimum Gasteiger partial charge on any atom is -0.480 e. The van der Waals surface area contributed by atoms with Crippen LogP contribution in [0.5, 0.6) is 0 Å². The standard InChI is InChI=1S/C11H11NO4S/c1-2-6-10(11(13)14)12-17(15,16)9-7-4-3-5-8-9/h1,3-5,7-8,10,12H,6H2,(H,13,14)/t10-/m1/s1. The number of sulfonamides is 1. The zero-order valence-electron chi connectivity index (χ0n) is 8.83. The number of hydrogen-bond donors (Lipinski definition) is 2. The van der Waals surface area contributed by atoms with Gasteiger partial charge in [-0.1, -0.05) is 18.2 Å². The van der Waals surface area contributed by atoms with Gasteiger partial charge in [0, 0.05) is 6.42 Å². The zero-order valence-corrected chi connectivity index (χ0v) is 9.65. The number of carboxylic acids is 1. The van der Waals surface area contributed by atoms with E-state index in [9.17, 15) is 13.2 Å². The molecule has 0 aliphatic heterocycles. The van der Waals surface area contributed by atoms with Crippen molar-refractivity contribution < 1.29 is 18.3 Å². The van der Waals surface area contributed by atoms with E-state index in [4.69, 9.17) is 11.5 Å². The van der Waals surface area contributed by atoms with Crippen LogP contribution in [0, 0.1) is 12.3 Å². The minimum absolute atomic E-state index is 0.00303. The van der Waals surface area contributed by atoms with Gasteiger partial charge in [0.25, 0.3) is 0 Å². The highest BCUT2D eigenvalue weighted by Crippen LogP contribution is 2.08. The molecule has 0 aliphatic carbocycles. The Morgan fingerprint density at radius 2 is 2.00 bits per heavy atom. The average molecular weight is 253 g/mol. The molecule has 17 heavy (non-hydrogen) atoms. The van der Waals surface area contributed by atoms with Crippen molar-refractivity contribution in [3.8, 4) is 12.3 Å². The fourth-order valence-corrected chi connectivity index (χ4v) is 2.36. The summed E-state index contributed by atoms with van der Waals surface area (Å²) in [6.07, 6.45) is 4.77. The van der Waals surface area contributed by atoms with E-state index in [1.165, 1.54) is 12.1 Å². The first kappa shape index (κ1) is 13.2. The topological polar surface area (TPSA) is 83.5 Å². The first-order chi connectivity index (χ1) is 7.97. The molecule has 6 heteroatoms. The fraction of sp³-hybridized carbons (Fsp3) is 0.182. The van der Waals surface area contributed by atoms with Crippen LogP contribution in [0.25, 0.3) is 0 Å². The van der Waals surface area contributed by atoms with E-state index >= 15 is 0 Å². The molecule has 5 nitrogen and oxygen atoms in total. The second-order valence-electron chi connectivity index (χ2n) is 3.23. The SMILES string of the molecule is C#CC[C@@H](NS(=O)(=O)c1ccccc1)C(=O)O. The van der Waals surface area contributed by atoms with Gasteiger partial charge in [0.2, 0.25) is 10.0 Å². The van der Waals surface area contributed by atoms with Crippen molar-refractivity contribution >= 4 is 16.0 Å². The lowest BCUT2D eigenvalue weighted by atomic mass is 10.2. The van der Waals surface area contributed by atoms with Crippen molar-refractivity contribution in [2.24, 2.45) is 0 Å². The van der Waals surface area contributed by atoms with E-state index in [1.54, 1.807) is 18.2 Å². The largest absolute Gasteiger partial charge is 0.480 e. The summed E-state index contributed by atoms with van der Waals surface area (Å²) in [4.78, 5) is 10.8. The summed E-state index contributed by atoms with van der Waals surface area (Å²) in [5.74, 6) is 0.812. The van der Waals surface area contributed by atoms with E-state index in [1.807, 2.05) is 4.72 Å². The van der Waals surface area contributed by atoms with Crippen LogP contribution in [0.4, 0.5) is 0 Å². The van der Waals surface area contributed by atoms with Crippen LogP contribution < -0.4 is 4.72 Å². The number of carboxylic acid groups (broad SMARTS) is 1. The van der Waals surface area contributed by atoms with E-state index < -0.39 is 22.0 Å². The van der Waals surface area contributed by atoms with Crippen molar-refractivity contribution in [2.75, 3.05) is 0 Å². The van der Waals surface area contributed by atoms with Crippen LogP contribution >= 0.6 is 0 Å². The van der Waals surface area contributed by atoms with Gasteiger partial charge >= 0.3 is 5.97 Å². The predicted octanol–water partition coefficient (Wildman–Crippen LogP) is 0.441. The van der Waals surface area contributed by atoms with Gasteiger partial charge in [-0.25, -0.2) is 8.42 Å². The lowest BCUT2D eigenvalue weighted by Gasteiger charge is -2.12. The molecule has 0 fully saturated rings. The minimum atomic E-state index is -3.85. The quantitative estimate of drug-likeness (QED) is 0.746. The molecule has 1 aromatic rings. The Hall–Kier alpha value is -1.84. The molecule has 90 valence electrons. The Balaban J connectivity index is 2.94. The maximum atomic E-state index is 11.8. The summed E-state index contributed by atoms with van der Waals surface area (Å²) in [6, 6.07) is 6.19. The van der Waals surface area contributed by atoms with Gasteiger partial charge in [-0.2, -0.15) is 4.72 Å². The van der Waals surface area contributed by atoms with Crippen LogP contribution in [-0.2, 0) is 14.8 Å². The smallest absolute Gasteiger partial charge is 0.322 e. The molecule has 0 radical (unpaired) electrons. The Morgan fingerprint density at radius 1 is 1.41 bits per heavy atom. The summed E-state index contributed by atoms with van der Waals surface area (Å²) in [5, 5.41) is 8.79. The Kier molecular flexibility index (Phi) is 4.26. The monoisotopic (exact) mass is 253 g/mol. The number of rotatable bonds is 5. The molecule has 2 N–H and O–H groups in total. The third-order valence-electron chi connectivity index (χ3n) is 1.97. The fourth-order valence-electron chi connectivity index (χ4n) is 1.15. The maximum absolute atomic E-state index is 11.8. The summed E-state index contributed by atoms with van der Waals surface area (Å²) >= 11 is 0. The third-order valence-corrected chi connectivity index (χ3v) is 3.46. The van der Waals surface area contributed by atoms with E-state index in [-0.39, 0.29) is 11.3 Å². The number of carbonyl (C=O) groups is 1. The predicted molar refractivity (Wildman–Crippen MR) is 61.6 cm³/mol. The molecule has 0 unspecified atom stereocenters. The Bertz CT molecular complexity index is 530. The van der Waals surface area contributed by atoms with E-state index in [0.29, 0.717) is 0 Å². The maximum Gasteiger partial charge on any atom is 0.322 e. The highest BCUT2D eigenvalue weighted by molar-refractivity contribution is 7.89. The van der Waals surface area contributed by atoms with E-state index in [0.717, 1.165) is 0 Å². The molecule has 0 spiro atoms. The molecule has 0 bridgehead atoms. The van der Waals surface area contributed by atoms with Crippen LogP contribution in [0.3, 0.4) is 0 Å². The van der Waals surface area contributed by atoms with Crippen molar-refractivity contribution in [3.63, 3.8) is 0 Å². The summed E-state index contributed by atoms with van der Waals surface area (Å²) in [7, 11) is -3.85. The first-order valence-electron chi connectivity index (χ1n) is 4.71. The molecule has 1 aromatic carbocycles. The number of benzene rings is 1. The molecule has 0 saturated heterocycles. The summed E-state index contributed by atoms with van der Waals surface area (Å²) < 4.78 is 25.6. The lowest BCUT2D eigenvalue weighted by Crippen LogP contribution is -2.40. The van der Waals surface area contributed by atoms with Gasteiger partial charge < -0.3 is 5.11 Å². The van der Waals surface area contributed by atoms with Crippen molar-refractivity contribution in [3.05, 3.63) is 30.3 Å². The van der Waals surface area contributed by atoms with Crippen LogP contribution in [-0.4, -0.2) is 25.5 Å². The van der Waals surface area contributed by atoms with Crippen molar-refractivity contribution in [2.45, 2.75) is 17.4 Å². The highest BCUT2D eigenvalue weighted by atomic mass is 32.2. The second kappa shape index (κ2) is 5.48. The zero-order chi connectivity index (χ0) is 12.9. The van der Waals surface area contributed by atoms with Gasteiger partial charge in [0.1, 0.15) is 6.04 Å². The molecule has 0 heterocycles. The van der Waals surface area contributed by atoms with Gasteiger partial charge in [0.05, 0.1) is 4.90 Å². The highest BCUT2D eigenvalue weighted by Gasteiger charge is 2.24. The molecular formula is C11H11NO4S. The average Bonchev–Trinajstić information content (AvgIpc) is 2.29. The summed E-state index contributed by atoms with van der Waals surface area (Å²) in [5.41, 5.74) is 0. The molecule has 0 amide bonds. The number of aliphatic carboxylic acids is 1. The van der Waals surface area contributed by atoms with Crippen LogP contribution in [0.2, 0.25) is 0 Å². The van der Waals surface area contributed by atoms with Crippen LogP contribution in [0.1, 0.15) is 6.42 Å². The van der Waals surface area contributed by atoms with Gasteiger partial charge in [-0.3, -0.25) is 4.79 Å². The van der Waals surface area contributed by atoms with Gasteiger partial charge in [-0.15, -0.1) is 12.3 Å². The third kappa shape index (κ3) is 3.59. The lowest BCUT2D eigenvalue weighted by molar-refractivity contribution is -0.138. The first-order valence-corrected chi connectivity index (χ1v) is 6.19. The van der Waals surface area contributed by atoms with Gasteiger partial charge in [0.15, 0.2) is 0 Å². The normalized spacial score (nSPS) is 12.6. The van der Waals surface area contributed by atoms with E-state index in [2.05, 4.69) is 5.92 Å². The number of hydrogen-bond acceptors (Lipinski definition) is 3. The molecule has 1 atom stereocenters.